The van der Waals surface area contributed by atoms with Crippen molar-refractivity contribution in [3.05, 3.63) is 0 Å². The summed E-state index contributed by atoms with van der Waals surface area (Å²) in [5.74, 6) is -2.66. The average molecular weight is 255 g/mol. The van der Waals surface area contributed by atoms with Gasteiger partial charge in [-0.15, -0.1) is 0 Å². The highest BCUT2D eigenvalue weighted by molar-refractivity contribution is 5.89. The predicted molar refractivity (Wildman–Crippen MR) is 60.5 cm³/mol. The summed E-state index contributed by atoms with van der Waals surface area (Å²) in [7, 11) is 0. The molecule has 0 spiro atoms. The zero-order valence-corrected chi connectivity index (χ0v) is 10.2. The van der Waals surface area contributed by atoms with E-state index >= 15 is 0 Å². The Balaban J connectivity index is 1.99. The number of amides is 1. The molecule has 1 aliphatic carbocycles. The molecule has 1 heterocycles. The van der Waals surface area contributed by atoms with Gasteiger partial charge in [-0.1, -0.05) is 6.92 Å². The van der Waals surface area contributed by atoms with E-state index in [1.54, 1.807) is 0 Å². The van der Waals surface area contributed by atoms with Gasteiger partial charge < -0.3 is 15.2 Å². The Morgan fingerprint density at radius 3 is 2.56 bits per heavy atom. The summed E-state index contributed by atoms with van der Waals surface area (Å²) >= 11 is 0. The number of esters is 1. The summed E-state index contributed by atoms with van der Waals surface area (Å²) in [6, 6.07) is -0.608. The molecule has 0 radical (unpaired) electrons. The maximum atomic E-state index is 12.0. The van der Waals surface area contributed by atoms with Gasteiger partial charge in [0.1, 0.15) is 6.04 Å². The fraction of sp³-hybridized carbons (Fsp3) is 0.750. The fourth-order valence-electron chi connectivity index (χ4n) is 2.76. The van der Waals surface area contributed by atoms with E-state index in [0.717, 1.165) is 0 Å². The van der Waals surface area contributed by atoms with Crippen LogP contribution in [0.25, 0.3) is 0 Å². The normalized spacial score (nSPS) is 35.3. The molecule has 2 N–H and O–H groups in total. The second-order valence-electron chi connectivity index (χ2n) is 5.15. The number of hydrogen-bond donors (Lipinski definition) is 2. The second kappa shape index (κ2) is 4.96. The molecule has 1 saturated carbocycles. The highest BCUT2D eigenvalue weighted by Gasteiger charge is 2.42. The van der Waals surface area contributed by atoms with E-state index in [2.05, 4.69) is 5.32 Å². The van der Waals surface area contributed by atoms with E-state index in [1.165, 1.54) is 0 Å². The Bertz CT molecular complexity index is 381. The summed E-state index contributed by atoms with van der Waals surface area (Å²) in [5, 5.41) is 11.7. The van der Waals surface area contributed by atoms with Crippen molar-refractivity contribution in [3.8, 4) is 0 Å². The first kappa shape index (κ1) is 12.9. The van der Waals surface area contributed by atoms with Crippen molar-refractivity contribution in [3.63, 3.8) is 0 Å². The van der Waals surface area contributed by atoms with Crippen LogP contribution in [0, 0.1) is 17.8 Å². The van der Waals surface area contributed by atoms with Gasteiger partial charge in [-0.25, -0.2) is 4.79 Å². The van der Waals surface area contributed by atoms with Crippen LogP contribution in [0.5, 0.6) is 0 Å². The van der Waals surface area contributed by atoms with Crippen LogP contribution in [0.2, 0.25) is 0 Å². The lowest BCUT2D eigenvalue weighted by Crippen LogP contribution is -2.43. The summed E-state index contributed by atoms with van der Waals surface area (Å²) in [6.07, 6.45) is 1.54. The standard InChI is InChI=1S/C12H17NO5/c1-6-4-7(8(5-6)11(15)16)10(14)13-9-2-3-18-12(9)17/h6-9H,2-5H2,1H3,(H,13,14)(H,15,16). The molecule has 6 heteroatoms. The predicted octanol–water partition coefficient (Wildman–Crippen LogP) is 0.165. The highest BCUT2D eigenvalue weighted by Crippen LogP contribution is 2.36. The molecule has 0 aromatic heterocycles. The first-order chi connectivity index (χ1) is 8.49. The number of ether oxygens (including phenoxy) is 1. The van der Waals surface area contributed by atoms with Gasteiger partial charge >= 0.3 is 11.9 Å². The highest BCUT2D eigenvalue weighted by atomic mass is 16.5. The minimum Gasteiger partial charge on any atom is -0.481 e. The summed E-state index contributed by atoms with van der Waals surface area (Å²) in [4.78, 5) is 34.4. The Labute approximate surface area is 105 Å². The molecular formula is C12H17NO5. The van der Waals surface area contributed by atoms with Crippen LogP contribution in [0.1, 0.15) is 26.2 Å². The number of carboxylic acid groups (broad SMARTS) is 1. The summed E-state index contributed by atoms with van der Waals surface area (Å²) in [5.41, 5.74) is 0. The second-order valence-corrected chi connectivity index (χ2v) is 5.15. The van der Waals surface area contributed by atoms with E-state index < -0.39 is 29.8 Å². The van der Waals surface area contributed by atoms with Crippen LogP contribution < -0.4 is 5.32 Å². The van der Waals surface area contributed by atoms with E-state index in [-0.39, 0.29) is 11.8 Å². The molecular weight excluding hydrogens is 238 g/mol. The number of cyclic esters (lactones) is 1. The van der Waals surface area contributed by atoms with Crippen molar-refractivity contribution < 1.29 is 24.2 Å². The van der Waals surface area contributed by atoms with Crippen molar-refractivity contribution in [2.75, 3.05) is 6.61 Å². The summed E-state index contributed by atoms with van der Waals surface area (Å²) < 4.78 is 4.75. The van der Waals surface area contributed by atoms with Gasteiger partial charge in [0.25, 0.3) is 0 Å². The Kier molecular flexibility index (Phi) is 3.54. The smallest absolute Gasteiger partial charge is 0.328 e. The number of carboxylic acids is 1. The molecule has 2 fully saturated rings. The lowest BCUT2D eigenvalue weighted by molar-refractivity contribution is -0.146. The van der Waals surface area contributed by atoms with Gasteiger partial charge in [-0.3, -0.25) is 9.59 Å². The molecule has 2 rings (SSSR count). The molecule has 0 bridgehead atoms. The van der Waals surface area contributed by atoms with Crippen molar-refractivity contribution in [2.24, 2.45) is 17.8 Å². The quantitative estimate of drug-likeness (QED) is 0.701. The maximum Gasteiger partial charge on any atom is 0.328 e. The number of rotatable bonds is 3. The molecule has 6 nitrogen and oxygen atoms in total. The van der Waals surface area contributed by atoms with E-state index in [9.17, 15) is 14.4 Å². The topological polar surface area (TPSA) is 92.7 Å². The molecule has 4 unspecified atom stereocenters. The first-order valence-electron chi connectivity index (χ1n) is 6.19. The van der Waals surface area contributed by atoms with Gasteiger partial charge in [0, 0.05) is 6.42 Å². The molecule has 1 saturated heterocycles. The van der Waals surface area contributed by atoms with Gasteiger partial charge in [-0.2, -0.15) is 0 Å². The zero-order valence-electron chi connectivity index (χ0n) is 10.2. The number of hydrogen-bond acceptors (Lipinski definition) is 4. The van der Waals surface area contributed by atoms with E-state index in [4.69, 9.17) is 9.84 Å². The summed E-state index contributed by atoms with van der Waals surface area (Å²) in [6.45, 7) is 2.25. The van der Waals surface area contributed by atoms with Crippen LogP contribution in [0.3, 0.4) is 0 Å². The third-order valence-electron chi connectivity index (χ3n) is 3.70. The van der Waals surface area contributed by atoms with Crippen molar-refractivity contribution in [1.29, 1.82) is 0 Å². The molecule has 4 atom stereocenters. The third-order valence-corrected chi connectivity index (χ3v) is 3.70. The van der Waals surface area contributed by atoms with Crippen molar-refractivity contribution >= 4 is 17.8 Å². The lowest BCUT2D eigenvalue weighted by atomic mass is 9.95. The third kappa shape index (κ3) is 2.47. The van der Waals surface area contributed by atoms with Crippen LogP contribution in [0.4, 0.5) is 0 Å². The molecule has 100 valence electrons. The Morgan fingerprint density at radius 2 is 2.00 bits per heavy atom. The minimum absolute atomic E-state index is 0.220. The Morgan fingerprint density at radius 1 is 1.33 bits per heavy atom. The van der Waals surface area contributed by atoms with E-state index in [1.807, 2.05) is 6.92 Å². The Hall–Kier alpha value is -1.59. The molecule has 0 aromatic rings. The van der Waals surface area contributed by atoms with Gasteiger partial charge in [0.05, 0.1) is 18.4 Å². The first-order valence-corrected chi connectivity index (χ1v) is 6.19. The number of aliphatic carboxylic acids is 1. The molecule has 1 amide bonds. The average Bonchev–Trinajstić information content (AvgIpc) is 2.86. The van der Waals surface area contributed by atoms with Gasteiger partial charge in [-0.05, 0) is 18.8 Å². The van der Waals surface area contributed by atoms with Gasteiger partial charge in [0.15, 0.2) is 0 Å². The molecule has 2 aliphatic rings. The van der Waals surface area contributed by atoms with Crippen LogP contribution >= 0.6 is 0 Å². The van der Waals surface area contributed by atoms with Crippen LogP contribution in [-0.4, -0.2) is 35.6 Å². The van der Waals surface area contributed by atoms with Crippen molar-refractivity contribution in [1.82, 2.24) is 5.32 Å². The minimum atomic E-state index is -0.937. The molecule has 1 aliphatic heterocycles. The van der Waals surface area contributed by atoms with E-state index in [0.29, 0.717) is 25.9 Å². The largest absolute Gasteiger partial charge is 0.481 e. The van der Waals surface area contributed by atoms with Crippen LogP contribution in [0.15, 0.2) is 0 Å². The fourth-order valence-corrected chi connectivity index (χ4v) is 2.76. The number of carbonyl (C=O) groups excluding carboxylic acids is 2. The molecule has 18 heavy (non-hydrogen) atoms. The SMILES string of the molecule is CC1CC(C(=O)O)C(C(=O)NC2CCOC2=O)C1. The van der Waals surface area contributed by atoms with Crippen LogP contribution in [-0.2, 0) is 19.1 Å². The number of carbonyl (C=O) groups is 3. The zero-order chi connectivity index (χ0) is 13.3. The monoisotopic (exact) mass is 255 g/mol. The number of nitrogens with one attached hydrogen (secondary N) is 1. The molecule has 0 aromatic carbocycles. The van der Waals surface area contributed by atoms with Crippen molar-refractivity contribution in [2.45, 2.75) is 32.2 Å². The maximum absolute atomic E-state index is 12.0. The lowest BCUT2D eigenvalue weighted by Gasteiger charge is -2.17. The van der Waals surface area contributed by atoms with Gasteiger partial charge in [0.2, 0.25) is 5.91 Å².